The van der Waals surface area contributed by atoms with Crippen molar-refractivity contribution in [2.24, 2.45) is 0 Å². The van der Waals surface area contributed by atoms with Gasteiger partial charge in [0, 0.05) is 11.4 Å². The normalized spacial score (nSPS) is 14.9. The van der Waals surface area contributed by atoms with Crippen LogP contribution in [0.5, 0.6) is 0 Å². The topological polar surface area (TPSA) is 12.0 Å². The van der Waals surface area contributed by atoms with Gasteiger partial charge in [0.15, 0.2) is 0 Å². The number of anilines is 1. The maximum absolute atomic E-state index is 3.47. The molecule has 0 aromatic heterocycles. The van der Waals surface area contributed by atoms with E-state index in [-0.39, 0.29) is 0 Å². The minimum Gasteiger partial charge on any atom is -0.359 e. The van der Waals surface area contributed by atoms with Crippen LogP contribution < -0.4 is 5.32 Å². The monoisotopic (exact) mass is 199 g/mol. The summed E-state index contributed by atoms with van der Waals surface area (Å²) in [6.07, 6.45) is 8.73. The van der Waals surface area contributed by atoms with Crippen molar-refractivity contribution in [3.63, 3.8) is 0 Å². The highest BCUT2D eigenvalue weighted by Gasteiger charge is 2.01. The third-order valence-corrected chi connectivity index (χ3v) is 2.54. The second-order valence-electron chi connectivity index (χ2n) is 4.16. The minimum absolute atomic E-state index is 1.11. The largest absolute Gasteiger partial charge is 0.359 e. The lowest BCUT2D eigenvalue weighted by molar-refractivity contribution is 0.966. The zero-order valence-electron chi connectivity index (χ0n) is 9.38. The summed E-state index contributed by atoms with van der Waals surface area (Å²) < 4.78 is 0. The predicted octanol–water partition coefficient (Wildman–Crippen LogP) is 3.95. The molecule has 1 aromatic carbocycles. The second kappa shape index (κ2) is 4.35. The van der Waals surface area contributed by atoms with Crippen LogP contribution in [0, 0.1) is 13.8 Å². The van der Waals surface area contributed by atoms with E-state index in [9.17, 15) is 0 Å². The third-order valence-electron chi connectivity index (χ3n) is 2.54. The molecule has 0 aliphatic heterocycles. The molecule has 0 radical (unpaired) electrons. The van der Waals surface area contributed by atoms with E-state index in [1.807, 2.05) is 0 Å². The van der Waals surface area contributed by atoms with Crippen LogP contribution in [0.2, 0.25) is 0 Å². The highest BCUT2D eigenvalue weighted by molar-refractivity contribution is 5.52. The van der Waals surface area contributed by atoms with Gasteiger partial charge < -0.3 is 5.32 Å². The van der Waals surface area contributed by atoms with Crippen molar-refractivity contribution in [2.75, 3.05) is 5.32 Å². The van der Waals surface area contributed by atoms with Crippen molar-refractivity contribution in [3.8, 4) is 0 Å². The number of benzene rings is 1. The molecule has 0 unspecified atom stereocenters. The van der Waals surface area contributed by atoms with Crippen LogP contribution in [0.1, 0.15) is 24.0 Å². The second-order valence-corrected chi connectivity index (χ2v) is 4.16. The van der Waals surface area contributed by atoms with Gasteiger partial charge in [-0.05, 0) is 56.0 Å². The lowest BCUT2D eigenvalue weighted by Crippen LogP contribution is -2.01. The molecular weight excluding hydrogens is 182 g/mol. The molecule has 1 aromatic rings. The fourth-order valence-electron chi connectivity index (χ4n) is 1.94. The highest BCUT2D eigenvalue weighted by atomic mass is 14.9. The fourth-order valence-corrected chi connectivity index (χ4v) is 1.94. The predicted molar refractivity (Wildman–Crippen MR) is 66.0 cm³/mol. The smallest absolute Gasteiger partial charge is 0.0387 e. The summed E-state index contributed by atoms with van der Waals surface area (Å²) in [6, 6.07) is 6.57. The van der Waals surface area contributed by atoms with E-state index in [0.717, 1.165) is 12.8 Å². The standard InChI is InChI=1S/C14H17N/c1-11-8-12(2)10-14(9-11)15-13-6-4-3-5-7-13/h3-4,6,8-10,15H,5,7H2,1-2H3. The molecule has 78 valence electrons. The Morgan fingerprint density at radius 3 is 2.40 bits per heavy atom. The molecule has 0 amide bonds. The molecule has 1 aliphatic rings. The summed E-state index contributed by atoms with van der Waals surface area (Å²) in [6.45, 7) is 4.26. The summed E-state index contributed by atoms with van der Waals surface area (Å²) in [7, 11) is 0. The average molecular weight is 199 g/mol. The molecule has 1 heteroatoms. The number of aryl methyl sites for hydroxylation is 2. The van der Waals surface area contributed by atoms with Crippen molar-refractivity contribution >= 4 is 5.69 Å². The van der Waals surface area contributed by atoms with Gasteiger partial charge in [-0.1, -0.05) is 18.2 Å². The molecule has 0 spiro atoms. The van der Waals surface area contributed by atoms with Gasteiger partial charge in [0.2, 0.25) is 0 Å². The maximum Gasteiger partial charge on any atom is 0.0387 e. The van der Waals surface area contributed by atoms with E-state index >= 15 is 0 Å². The van der Waals surface area contributed by atoms with Crippen molar-refractivity contribution in [1.29, 1.82) is 0 Å². The van der Waals surface area contributed by atoms with Crippen molar-refractivity contribution in [3.05, 3.63) is 53.3 Å². The molecule has 15 heavy (non-hydrogen) atoms. The van der Waals surface area contributed by atoms with Crippen LogP contribution in [-0.2, 0) is 0 Å². The Hall–Kier alpha value is -1.50. The number of hydrogen-bond acceptors (Lipinski definition) is 1. The van der Waals surface area contributed by atoms with Crippen LogP contribution in [-0.4, -0.2) is 0 Å². The van der Waals surface area contributed by atoms with Crippen molar-refractivity contribution in [1.82, 2.24) is 0 Å². The van der Waals surface area contributed by atoms with Crippen molar-refractivity contribution in [2.45, 2.75) is 26.7 Å². The minimum atomic E-state index is 1.11. The molecule has 2 rings (SSSR count). The first-order valence-corrected chi connectivity index (χ1v) is 5.45. The van der Waals surface area contributed by atoms with E-state index in [1.54, 1.807) is 0 Å². The van der Waals surface area contributed by atoms with Crippen molar-refractivity contribution < 1.29 is 0 Å². The van der Waals surface area contributed by atoms with Gasteiger partial charge in [0.25, 0.3) is 0 Å². The lowest BCUT2D eigenvalue weighted by atomic mass is 10.1. The molecule has 0 saturated heterocycles. The van der Waals surface area contributed by atoms with Gasteiger partial charge in [0.05, 0.1) is 0 Å². The maximum atomic E-state index is 3.47. The van der Waals surface area contributed by atoms with E-state index in [0.29, 0.717) is 0 Å². The Labute approximate surface area is 91.5 Å². The Morgan fingerprint density at radius 2 is 1.80 bits per heavy atom. The zero-order chi connectivity index (χ0) is 10.7. The van der Waals surface area contributed by atoms with Crippen LogP contribution in [0.4, 0.5) is 5.69 Å². The van der Waals surface area contributed by atoms with Gasteiger partial charge in [-0.15, -0.1) is 0 Å². The Morgan fingerprint density at radius 1 is 1.07 bits per heavy atom. The molecule has 0 saturated carbocycles. The first kappa shape index (κ1) is 10.0. The zero-order valence-corrected chi connectivity index (χ0v) is 9.38. The quantitative estimate of drug-likeness (QED) is 0.760. The van der Waals surface area contributed by atoms with Crippen LogP contribution >= 0.6 is 0 Å². The summed E-state index contributed by atoms with van der Waals surface area (Å²) in [5, 5.41) is 3.47. The Bertz CT molecular complexity index is 393. The van der Waals surface area contributed by atoms with Crippen LogP contribution in [0.25, 0.3) is 0 Å². The average Bonchev–Trinajstić information content (AvgIpc) is 2.17. The molecule has 0 bridgehead atoms. The molecule has 0 atom stereocenters. The van der Waals surface area contributed by atoms with Gasteiger partial charge in [-0.25, -0.2) is 0 Å². The number of hydrogen-bond donors (Lipinski definition) is 1. The lowest BCUT2D eigenvalue weighted by Gasteiger charge is -2.13. The summed E-state index contributed by atoms with van der Waals surface area (Å²) in [4.78, 5) is 0. The van der Waals surface area contributed by atoms with Gasteiger partial charge >= 0.3 is 0 Å². The molecule has 0 heterocycles. The van der Waals surface area contributed by atoms with E-state index in [4.69, 9.17) is 0 Å². The van der Waals surface area contributed by atoms with Crippen LogP contribution in [0.3, 0.4) is 0 Å². The highest BCUT2D eigenvalue weighted by Crippen LogP contribution is 2.19. The van der Waals surface area contributed by atoms with E-state index < -0.39 is 0 Å². The Kier molecular flexibility index (Phi) is 2.91. The molecule has 1 N–H and O–H groups in total. The van der Waals surface area contributed by atoms with Gasteiger partial charge in [0.1, 0.15) is 0 Å². The number of nitrogens with one attached hydrogen (secondary N) is 1. The molecule has 1 nitrogen and oxygen atoms in total. The SMILES string of the molecule is Cc1cc(C)cc(NC2=CC=CCC2)c1. The Balaban J connectivity index is 2.16. The van der Waals surface area contributed by atoms with E-state index in [2.05, 4.69) is 55.6 Å². The number of rotatable bonds is 2. The van der Waals surface area contributed by atoms with Gasteiger partial charge in [-0.2, -0.15) is 0 Å². The number of allylic oxidation sites excluding steroid dienone is 4. The molecule has 1 aliphatic carbocycles. The van der Waals surface area contributed by atoms with E-state index in [1.165, 1.54) is 22.5 Å². The molecule has 0 fully saturated rings. The summed E-state index contributed by atoms with van der Waals surface area (Å²) in [5.41, 5.74) is 5.13. The van der Waals surface area contributed by atoms with Crippen LogP contribution in [0.15, 0.2) is 42.1 Å². The summed E-state index contributed by atoms with van der Waals surface area (Å²) in [5.74, 6) is 0. The third kappa shape index (κ3) is 2.72. The first-order chi connectivity index (χ1) is 7.24. The first-order valence-electron chi connectivity index (χ1n) is 5.45. The summed E-state index contributed by atoms with van der Waals surface area (Å²) >= 11 is 0. The molecular formula is C14H17N. The van der Waals surface area contributed by atoms with Gasteiger partial charge in [-0.3, -0.25) is 0 Å². The fraction of sp³-hybridized carbons (Fsp3) is 0.286.